The molecular weight excluding hydrogens is 326 g/mol. The fourth-order valence-electron chi connectivity index (χ4n) is 2.61. The molecule has 0 fully saturated rings. The Morgan fingerprint density at radius 3 is 2.74 bits per heavy atom. The zero-order valence-electron chi connectivity index (χ0n) is 12.3. The molecule has 4 aromatic rings. The molecule has 0 bridgehead atoms. The van der Waals surface area contributed by atoms with Crippen molar-refractivity contribution in [1.29, 1.82) is 0 Å². The van der Waals surface area contributed by atoms with E-state index in [1.54, 1.807) is 17.5 Å². The summed E-state index contributed by atoms with van der Waals surface area (Å²) in [6.07, 6.45) is 5.40. The summed E-state index contributed by atoms with van der Waals surface area (Å²) in [5, 5.41) is 1.48. The zero-order chi connectivity index (χ0) is 15.8. The highest BCUT2D eigenvalue weighted by Gasteiger charge is 2.12. The molecule has 0 aliphatic heterocycles. The predicted molar refractivity (Wildman–Crippen MR) is 95.8 cm³/mol. The molecule has 23 heavy (non-hydrogen) atoms. The molecule has 0 unspecified atom stereocenters. The van der Waals surface area contributed by atoms with Crippen molar-refractivity contribution in [1.82, 2.24) is 15.0 Å². The van der Waals surface area contributed by atoms with Gasteiger partial charge in [0.1, 0.15) is 0 Å². The van der Waals surface area contributed by atoms with Crippen molar-refractivity contribution in [2.45, 2.75) is 6.92 Å². The van der Waals surface area contributed by atoms with Crippen molar-refractivity contribution in [3.63, 3.8) is 0 Å². The summed E-state index contributed by atoms with van der Waals surface area (Å²) in [7, 11) is 0. The topological polar surface area (TPSA) is 38.7 Å². The molecule has 0 saturated carbocycles. The van der Waals surface area contributed by atoms with Gasteiger partial charge in [0, 0.05) is 23.3 Å². The van der Waals surface area contributed by atoms with Gasteiger partial charge < -0.3 is 0 Å². The minimum Gasteiger partial charge on any atom is -0.265 e. The maximum absolute atomic E-state index is 5.97. The fourth-order valence-corrected chi connectivity index (χ4v) is 3.99. The minimum absolute atomic E-state index is 0.275. The van der Waals surface area contributed by atoms with Gasteiger partial charge in [0.25, 0.3) is 0 Å². The number of halogens is 1. The number of hydrogen-bond donors (Lipinski definition) is 0. The average Bonchev–Trinajstić information content (AvgIpc) is 3.01. The van der Waals surface area contributed by atoms with E-state index in [0.717, 1.165) is 21.7 Å². The minimum atomic E-state index is 0.275. The number of rotatable bonds is 2. The highest BCUT2D eigenvalue weighted by Crippen LogP contribution is 2.39. The average molecular weight is 338 g/mol. The highest BCUT2D eigenvalue weighted by atomic mass is 35.5. The summed E-state index contributed by atoms with van der Waals surface area (Å²) < 4.78 is 1.24. The van der Waals surface area contributed by atoms with Crippen LogP contribution in [-0.4, -0.2) is 15.0 Å². The van der Waals surface area contributed by atoms with Gasteiger partial charge >= 0.3 is 0 Å². The first-order valence-electron chi connectivity index (χ1n) is 7.15. The van der Waals surface area contributed by atoms with E-state index in [-0.39, 0.29) is 5.28 Å². The molecule has 0 saturated heterocycles. The summed E-state index contributed by atoms with van der Waals surface area (Å²) in [5.41, 5.74) is 4.29. The third kappa shape index (κ3) is 2.60. The first-order valence-corrected chi connectivity index (χ1v) is 8.34. The van der Waals surface area contributed by atoms with Crippen LogP contribution >= 0.6 is 22.9 Å². The lowest BCUT2D eigenvalue weighted by Gasteiger charge is -2.02. The summed E-state index contributed by atoms with van der Waals surface area (Å²) in [6, 6.07) is 12.6. The molecule has 0 aliphatic rings. The van der Waals surface area contributed by atoms with Crippen molar-refractivity contribution >= 4 is 33.0 Å². The summed E-state index contributed by atoms with van der Waals surface area (Å²) >= 11 is 7.69. The van der Waals surface area contributed by atoms with Crippen LogP contribution in [0.1, 0.15) is 5.56 Å². The van der Waals surface area contributed by atoms with Gasteiger partial charge in [-0.2, -0.15) is 0 Å². The van der Waals surface area contributed by atoms with Crippen LogP contribution in [0.5, 0.6) is 0 Å². The number of aryl methyl sites for hydroxylation is 1. The van der Waals surface area contributed by atoms with Crippen molar-refractivity contribution in [3.05, 3.63) is 65.8 Å². The molecule has 5 heteroatoms. The Hall–Kier alpha value is -2.30. The van der Waals surface area contributed by atoms with Crippen LogP contribution in [0.15, 0.2) is 55.0 Å². The normalized spacial score (nSPS) is 11.0. The van der Waals surface area contributed by atoms with E-state index in [2.05, 4.69) is 39.2 Å². The molecule has 0 atom stereocenters. The first-order chi connectivity index (χ1) is 11.2. The number of aromatic nitrogens is 3. The van der Waals surface area contributed by atoms with Gasteiger partial charge in [-0.1, -0.05) is 18.2 Å². The number of benzene rings is 1. The second-order valence-corrected chi connectivity index (χ2v) is 6.63. The Balaban J connectivity index is 1.94. The number of fused-ring (bicyclic) bond motifs is 1. The second-order valence-electron chi connectivity index (χ2n) is 5.24. The van der Waals surface area contributed by atoms with E-state index in [9.17, 15) is 0 Å². The van der Waals surface area contributed by atoms with Crippen LogP contribution in [0.4, 0.5) is 0 Å². The van der Waals surface area contributed by atoms with E-state index in [1.165, 1.54) is 15.6 Å². The molecule has 0 amide bonds. The molecule has 3 heterocycles. The zero-order valence-corrected chi connectivity index (χ0v) is 13.9. The maximum atomic E-state index is 5.97. The molecule has 1 aromatic carbocycles. The Labute approximate surface area is 142 Å². The monoisotopic (exact) mass is 337 g/mol. The third-order valence-corrected chi connectivity index (χ3v) is 5.08. The van der Waals surface area contributed by atoms with E-state index in [1.807, 2.05) is 31.5 Å². The molecule has 0 spiro atoms. The van der Waals surface area contributed by atoms with Gasteiger partial charge in [0.2, 0.25) is 5.28 Å². The van der Waals surface area contributed by atoms with E-state index < -0.39 is 0 Å². The summed E-state index contributed by atoms with van der Waals surface area (Å²) in [4.78, 5) is 13.6. The number of pyridine rings is 1. The molecule has 3 nitrogen and oxygen atoms in total. The highest BCUT2D eigenvalue weighted by molar-refractivity contribution is 7.22. The lowest BCUT2D eigenvalue weighted by Crippen LogP contribution is -1.89. The van der Waals surface area contributed by atoms with Crippen molar-refractivity contribution in [3.8, 4) is 21.7 Å². The van der Waals surface area contributed by atoms with Crippen LogP contribution in [0.3, 0.4) is 0 Å². The van der Waals surface area contributed by atoms with E-state index in [4.69, 9.17) is 11.6 Å². The van der Waals surface area contributed by atoms with Gasteiger partial charge in [0.15, 0.2) is 0 Å². The van der Waals surface area contributed by atoms with Gasteiger partial charge in [-0.25, -0.2) is 9.97 Å². The number of nitrogens with zero attached hydrogens (tertiary/aromatic N) is 3. The largest absolute Gasteiger partial charge is 0.265 e. The van der Waals surface area contributed by atoms with Crippen LogP contribution in [0, 0.1) is 6.92 Å². The maximum Gasteiger partial charge on any atom is 0.222 e. The number of thiophene rings is 1. The van der Waals surface area contributed by atoms with Crippen LogP contribution in [0.2, 0.25) is 5.28 Å². The Bertz CT molecular complexity index is 996. The van der Waals surface area contributed by atoms with Gasteiger partial charge in [-0.15, -0.1) is 11.3 Å². The third-order valence-electron chi connectivity index (χ3n) is 3.71. The van der Waals surface area contributed by atoms with Crippen molar-refractivity contribution in [2.24, 2.45) is 0 Å². The van der Waals surface area contributed by atoms with E-state index in [0.29, 0.717) is 0 Å². The van der Waals surface area contributed by atoms with Crippen LogP contribution < -0.4 is 0 Å². The van der Waals surface area contributed by atoms with Crippen LogP contribution in [0.25, 0.3) is 31.8 Å². The molecule has 0 radical (unpaired) electrons. The summed E-state index contributed by atoms with van der Waals surface area (Å²) in [6.45, 7) is 2.00. The van der Waals surface area contributed by atoms with Crippen molar-refractivity contribution < 1.29 is 0 Å². The molecule has 0 aliphatic carbocycles. The lowest BCUT2D eigenvalue weighted by atomic mass is 10.1. The standard InChI is InChI=1S/C18H12ClN3S/c1-11-10-21-18(19)22-16(11)15-9-13-3-2-4-14(17(13)23-15)12-5-7-20-8-6-12/h2-10H,1H3. The Kier molecular flexibility index (Phi) is 3.56. The van der Waals surface area contributed by atoms with E-state index >= 15 is 0 Å². The van der Waals surface area contributed by atoms with Gasteiger partial charge in [-0.3, -0.25) is 4.98 Å². The van der Waals surface area contributed by atoms with Crippen molar-refractivity contribution in [2.75, 3.05) is 0 Å². The number of hydrogen-bond acceptors (Lipinski definition) is 4. The Morgan fingerprint density at radius 2 is 1.91 bits per heavy atom. The quantitative estimate of drug-likeness (QED) is 0.461. The molecule has 0 N–H and O–H groups in total. The Morgan fingerprint density at radius 1 is 1.09 bits per heavy atom. The first kappa shape index (κ1) is 14.3. The fraction of sp³-hybridized carbons (Fsp3) is 0.0556. The smallest absolute Gasteiger partial charge is 0.222 e. The van der Waals surface area contributed by atoms with Gasteiger partial charge in [0.05, 0.1) is 10.6 Å². The van der Waals surface area contributed by atoms with Crippen LogP contribution in [-0.2, 0) is 0 Å². The SMILES string of the molecule is Cc1cnc(Cl)nc1-c1cc2cccc(-c3ccncc3)c2s1. The molecule has 4 rings (SSSR count). The molecule has 3 aromatic heterocycles. The lowest BCUT2D eigenvalue weighted by molar-refractivity contribution is 1.14. The predicted octanol–water partition coefficient (Wildman–Crippen LogP) is 5.38. The van der Waals surface area contributed by atoms with Gasteiger partial charge in [-0.05, 0) is 58.8 Å². The second kappa shape index (κ2) is 5.72. The molecular formula is C18H12ClN3S. The molecule has 112 valence electrons. The summed E-state index contributed by atoms with van der Waals surface area (Å²) in [5.74, 6) is 0.